The Kier molecular flexibility index (Phi) is 17.7. The Labute approximate surface area is 308 Å². The number of hydrogen-bond donors (Lipinski definition) is 15. The van der Waals surface area contributed by atoms with Crippen LogP contribution in [0.25, 0.3) is 0 Å². The van der Waals surface area contributed by atoms with Gasteiger partial charge in [0.05, 0.1) is 39.1 Å². The molecule has 3 aliphatic rings. The van der Waals surface area contributed by atoms with Crippen molar-refractivity contribution in [3.63, 3.8) is 0 Å². The zero-order valence-electron chi connectivity index (χ0n) is 29.5. The van der Waals surface area contributed by atoms with Gasteiger partial charge in [-0.25, -0.2) is 0 Å². The van der Waals surface area contributed by atoms with Gasteiger partial charge in [-0.2, -0.15) is 0 Å². The molecule has 0 aromatic rings. The van der Waals surface area contributed by atoms with Gasteiger partial charge in [-0.1, -0.05) is 0 Å². The van der Waals surface area contributed by atoms with Crippen LogP contribution in [-0.4, -0.2) is 228 Å². The average molecular weight is 792 g/mol. The Hall–Kier alpha value is -2.31. The predicted octanol–water partition coefficient (Wildman–Crippen LogP) is -9.68. The lowest BCUT2D eigenvalue weighted by molar-refractivity contribution is -0.371. The third-order valence-corrected chi connectivity index (χ3v) is 9.07. The summed E-state index contributed by atoms with van der Waals surface area (Å²) in [5, 5.41) is 132. The molecule has 3 fully saturated rings. The molecule has 0 bridgehead atoms. The van der Waals surface area contributed by atoms with Crippen LogP contribution in [0.1, 0.15) is 20.8 Å². The van der Waals surface area contributed by atoms with Crippen LogP contribution in [0.15, 0.2) is 0 Å². The lowest BCUT2D eigenvalue weighted by atomic mass is 9.94. The molecule has 0 radical (unpaired) electrons. The van der Waals surface area contributed by atoms with E-state index < -0.39 is 167 Å². The van der Waals surface area contributed by atoms with E-state index in [1.165, 1.54) is 0 Å². The van der Waals surface area contributed by atoms with Crippen molar-refractivity contribution in [2.24, 2.45) is 0 Å². The van der Waals surface area contributed by atoms with Crippen molar-refractivity contribution in [1.29, 1.82) is 0 Å². The normalized spacial score (nSPS) is 39.5. The Morgan fingerprint density at radius 3 is 1.59 bits per heavy atom. The van der Waals surface area contributed by atoms with Gasteiger partial charge in [0, 0.05) is 20.8 Å². The van der Waals surface area contributed by atoms with E-state index in [-0.39, 0.29) is 0 Å². The summed E-state index contributed by atoms with van der Waals surface area (Å²) in [6, 6.07) is -4.65. The minimum atomic E-state index is -2.07. The first-order chi connectivity index (χ1) is 25.4. The molecule has 0 saturated carbocycles. The van der Waals surface area contributed by atoms with Gasteiger partial charge in [0.1, 0.15) is 91.4 Å². The van der Waals surface area contributed by atoms with Crippen molar-refractivity contribution >= 4 is 17.7 Å². The summed E-state index contributed by atoms with van der Waals surface area (Å²) in [5.74, 6) is -2.20. The highest BCUT2D eigenvalue weighted by Gasteiger charge is 2.55. The Morgan fingerprint density at radius 2 is 1.09 bits per heavy atom. The predicted molar refractivity (Wildman–Crippen MR) is 171 cm³/mol. The Balaban J connectivity index is 1.93. The quantitative estimate of drug-likeness (QED) is 0.0650. The third-order valence-electron chi connectivity index (χ3n) is 9.07. The number of hydrogen-bond acceptors (Lipinski definition) is 21. The second-order valence-electron chi connectivity index (χ2n) is 13.1. The van der Waals surface area contributed by atoms with Gasteiger partial charge >= 0.3 is 0 Å². The lowest BCUT2D eigenvalue weighted by Gasteiger charge is -2.49. The number of amides is 3. The number of aliphatic hydroxyl groups is 12. The molecular weight excluding hydrogens is 738 g/mol. The largest absolute Gasteiger partial charge is 0.394 e. The highest BCUT2D eigenvalue weighted by Crippen LogP contribution is 2.33. The number of rotatable bonds is 17. The average Bonchev–Trinajstić information content (AvgIpc) is 3.12. The number of carbonyl (C=O) groups excluding carboxylic acids is 3. The number of carbonyl (C=O) groups is 3. The van der Waals surface area contributed by atoms with Gasteiger partial charge in [0.2, 0.25) is 17.7 Å². The van der Waals surface area contributed by atoms with Crippen molar-refractivity contribution in [3.05, 3.63) is 0 Å². The molecule has 54 heavy (non-hydrogen) atoms. The summed E-state index contributed by atoms with van der Waals surface area (Å²) in [4.78, 5) is 36.0. The van der Waals surface area contributed by atoms with Gasteiger partial charge in [0.15, 0.2) is 18.9 Å². The Bertz CT molecular complexity index is 1210. The van der Waals surface area contributed by atoms with Crippen molar-refractivity contribution in [3.8, 4) is 0 Å². The van der Waals surface area contributed by atoms with Crippen LogP contribution in [0.5, 0.6) is 0 Å². The monoisotopic (exact) mass is 791 g/mol. The second-order valence-corrected chi connectivity index (χ2v) is 13.1. The summed E-state index contributed by atoms with van der Waals surface area (Å²) in [5.41, 5.74) is 0. The molecule has 24 heteroatoms. The summed E-state index contributed by atoms with van der Waals surface area (Å²) in [6.07, 6.45) is -28.9. The first kappa shape index (κ1) is 46.1. The topological polar surface area (TPSA) is 385 Å². The number of aliphatic hydroxyl groups excluding tert-OH is 12. The highest BCUT2D eigenvalue weighted by atomic mass is 16.8. The third kappa shape index (κ3) is 11.0. The van der Waals surface area contributed by atoms with Crippen LogP contribution >= 0.6 is 0 Å². The van der Waals surface area contributed by atoms with Gasteiger partial charge in [0.25, 0.3) is 0 Å². The van der Waals surface area contributed by atoms with Gasteiger partial charge in [-0.15, -0.1) is 0 Å². The molecule has 3 heterocycles. The molecule has 24 nitrogen and oxygen atoms in total. The molecule has 3 saturated heterocycles. The van der Waals surface area contributed by atoms with Crippen LogP contribution in [-0.2, 0) is 42.8 Å². The molecule has 0 unspecified atom stereocenters. The van der Waals surface area contributed by atoms with Gasteiger partial charge in [-0.05, 0) is 0 Å². The molecule has 314 valence electrons. The summed E-state index contributed by atoms with van der Waals surface area (Å²) < 4.78 is 34.3. The lowest BCUT2D eigenvalue weighted by Crippen LogP contribution is -2.70. The minimum Gasteiger partial charge on any atom is -0.394 e. The van der Waals surface area contributed by atoms with Gasteiger partial charge < -0.3 is 106 Å². The van der Waals surface area contributed by atoms with E-state index in [9.17, 15) is 75.7 Å². The van der Waals surface area contributed by atoms with Gasteiger partial charge in [-0.3, -0.25) is 14.4 Å². The van der Waals surface area contributed by atoms with Crippen LogP contribution in [0.4, 0.5) is 0 Å². The molecular formula is C30H53N3O21. The van der Waals surface area contributed by atoms with E-state index in [1.54, 1.807) is 0 Å². The molecule has 3 amide bonds. The second kappa shape index (κ2) is 20.7. The molecule has 3 aliphatic heterocycles. The molecule has 15 N–H and O–H groups in total. The molecule has 3 rings (SSSR count). The maximum absolute atomic E-state index is 12.3. The molecule has 0 aromatic carbocycles. The zero-order valence-corrected chi connectivity index (χ0v) is 29.5. The van der Waals surface area contributed by atoms with E-state index in [0.29, 0.717) is 0 Å². The molecule has 0 aromatic heterocycles. The first-order valence-corrected chi connectivity index (χ1v) is 17.0. The fourth-order valence-electron chi connectivity index (χ4n) is 6.35. The van der Waals surface area contributed by atoms with Crippen LogP contribution in [0.2, 0.25) is 0 Å². The smallest absolute Gasteiger partial charge is 0.217 e. The Morgan fingerprint density at radius 1 is 0.593 bits per heavy atom. The van der Waals surface area contributed by atoms with Crippen LogP contribution in [0.3, 0.4) is 0 Å². The van der Waals surface area contributed by atoms with E-state index in [4.69, 9.17) is 28.4 Å². The summed E-state index contributed by atoms with van der Waals surface area (Å²) in [6.45, 7) is -1.42. The maximum atomic E-state index is 12.3. The van der Waals surface area contributed by atoms with Crippen molar-refractivity contribution < 1.29 is 104 Å². The van der Waals surface area contributed by atoms with Crippen LogP contribution in [0, 0.1) is 0 Å². The molecule has 0 spiro atoms. The van der Waals surface area contributed by atoms with Crippen molar-refractivity contribution in [2.75, 3.05) is 33.0 Å². The van der Waals surface area contributed by atoms with E-state index in [2.05, 4.69) is 16.0 Å². The number of nitrogens with one attached hydrogen (secondary N) is 3. The van der Waals surface area contributed by atoms with Crippen molar-refractivity contribution in [2.45, 2.75) is 137 Å². The van der Waals surface area contributed by atoms with E-state index in [1.807, 2.05) is 0 Å². The van der Waals surface area contributed by atoms with E-state index >= 15 is 0 Å². The minimum absolute atomic E-state index is 0.708. The fraction of sp³-hybridized carbons (Fsp3) is 0.900. The summed E-state index contributed by atoms with van der Waals surface area (Å²) >= 11 is 0. The van der Waals surface area contributed by atoms with Crippen LogP contribution < -0.4 is 16.0 Å². The zero-order chi connectivity index (χ0) is 40.6. The van der Waals surface area contributed by atoms with Crippen molar-refractivity contribution in [1.82, 2.24) is 16.0 Å². The fourth-order valence-corrected chi connectivity index (χ4v) is 6.35. The molecule has 0 aliphatic carbocycles. The summed E-state index contributed by atoms with van der Waals surface area (Å²) in [7, 11) is 0. The maximum Gasteiger partial charge on any atom is 0.217 e. The highest BCUT2D eigenvalue weighted by molar-refractivity contribution is 5.74. The molecule has 19 atom stereocenters. The SMILES string of the molecule is CC(=O)N[C@H]1[C@H](O[C@@H]([C@@H](O)[C@H](O)CO)[C@H](CO)NC(C)=O)O[C@H](CO)[C@@H](O[C@@H]2O[C@H](CO)[C@H](O)[C@H](O[C@@H]3O[C@H](CO)[C@@H](O)[C@H](O)[C@H]3NC(C)=O)[C@H]2O)[C@@H]1O. The van der Waals surface area contributed by atoms with E-state index in [0.717, 1.165) is 20.8 Å². The number of ether oxygens (including phenoxy) is 6. The first-order valence-electron chi connectivity index (χ1n) is 17.0. The standard InChI is InChI=1S/C30H53N3O21/c1-9(39)31-12(4-34)25(19(43)13(42)5-35)52-29-18(33-11(3)41)23(47)26(16(8-38)51-29)53-30-24(48)27(21(45)15(7-37)50-30)54-28-17(32-10(2)40)22(46)20(44)14(6-36)49-28/h12-30,34-38,42-48H,4-8H2,1-3H3,(H,31,39)(H,32,40)(H,33,41)/t12-,13+,14+,15+,16+,17+,18+,19-,20+,21-,22+,23+,24+,25+,26+,27-,28-,29-,30-/m0/s1.